The number of aromatic nitrogens is 1. The van der Waals surface area contributed by atoms with Crippen LogP contribution in [0.15, 0.2) is 36.5 Å². The Morgan fingerprint density at radius 2 is 1.89 bits per heavy atom. The summed E-state index contributed by atoms with van der Waals surface area (Å²) >= 11 is 0. The molecule has 0 aliphatic carbocycles. The van der Waals surface area contributed by atoms with E-state index in [9.17, 15) is 29.2 Å². The minimum absolute atomic E-state index is 0.0139. The van der Waals surface area contributed by atoms with Gasteiger partial charge < -0.3 is 20.4 Å². The number of piperidine rings is 1. The molecule has 1 saturated heterocycles. The van der Waals surface area contributed by atoms with Gasteiger partial charge in [-0.1, -0.05) is 45.0 Å². The number of benzene rings is 1. The molecular formula is C25H34F2N4O4. The first-order chi connectivity index (χ1) is 16.4. The number of nitrogens with one attached hydrogen (secondary N) is 2. The van der Waals surface area contributed by atoms with Crippen LogP contribution in [0.4, 0.5) is 8.78 Å². The summed E-state index contributed by atoms with van der Waals surface area (Å²) in [5.74, 6) is -3.59. The van der Waals surface area contributed by atoms with E-state index in [0.29, 0.717) is 30.5 Å². The number of hydrogen-bond acceptors (Lipinski definition) is 8. The molecule has 2 aromatic rings. The van der Waals surface area contributed by atoms with E-state index in [1.807, 2.05) is 20.8 Å². The van der Waals surface area contributed by atoms with Gasteiger partial charge in [0, 0.05) is 19.3 Å². The van der Waals surface area contributed by atoms with E-state index in [0.717, 1.165) is 11.1 Å². The molecule has 4 rings (SSSR count). The fraction of sp³-hybridized carbons (Fsp3) is 0.560. The molecule has 5 atom stereocenters. The average Bonchev–Trinajstić information content (AvgIpc) is 3.12. The van der Waals surface area contributed by atoms with Crippen LogP contribution >= 0.6 is 0 Å². The Balaban J connectivity index is 1.40. The Kier molecular flexibility index (Phi) is 7.27. The van der Waals surface area contributed by atoms with Crippen molar-refractivity contribution in [1.29, 1.82) is 0 Å². The van der Waals surface area contributed by atoms with Crippen LogP contribution in [0.5, 0.6) is 0 Å². The molecule has 0 saturated carbocycles. The summed E-state index contributed by atoms with van der Waals surface area (Å²) in [7, 11) is 0. The summed E-state index contributed by atoms with van der Waals surface area (Å²) in [6, 6.07) is 7.69. The van der Waals surface area contributed by atoms with E-state index < -0.39 is 36.5 Å². The quantitative estimate of drug-likeness (QED) is 0.338. The second-order valence-electron chi connectivity index (χ2n) is 10.4. The highest BCUT2D eigenvalue weighted by Gasteiger charge is 2.42. The van der Waals surface area contributed by atoms with Crippen molar-refractivity contribution in [2.45, 2.75) is 89.0 Å². The van der Waals surface area contributed by atoms with Crippen LogP contribution in [0, 0.1) is 0 Å². The molecule has 0 bridgehead atoms. The Labute approximate surface area is 203 Å². The summed E-state index contributed by atoms with van der Waals surface area (Å²) in [4.78, 5) is 5.64. The average molecular weight is 493 g/mol. The van der Waals surface area contributed by atoms with Gasteiger partial charge in [0.05, 0.1) is 6.04 Å². The number of rotatable bonds is 6. The minimum Gasteiger partial charge on any atom is -0.379 e. The summed E-state index contributed by atoms with van der Waals surface area (Å²) in [5.41, 5.74) is 2.25. The van der Waals surface area contributed by atoms with E-state index in [4.69, 9.17) is 0 Å². The molecule has 8 nitrogen and oxygen atoms in total. The summed E-state index contributed by atoms with van der Waals surface area (Å²) in [5, 5.41) is 46.1. The molecule has 1 fully saturated rings. The van der Waals surface area contributed by atoms with Crippen molar-refractivity contribution in [2.24, 2.45) is 0 Å². The highest BCUT2D eigenvalue weighted by atomic mass is 19.3. The lowest BCUT2D eigenvalue weighted by atomic mass is 9.88. The molecule has 2 aliphatic heterocycles. The summed E-state index contributed by atoms with van der Waals surface area (Å²) in [6.45, 7) is 6.25. The number of nitrogens with zero attached hydrogens (tertiary/aromatic N) is 2. The molecule has 35 heavy (non-hydrogen) atoms. The van der Waals surface area contributed by atoms with E-state index in [1.54, 1.807) is 29.2 Å². The smallest absolute Gasteiger partial charge is 0.328 e. The number of aliphatic hydroxyl groups is 4. The Bertz CT molecular complexity index is 1030. The predicted octanol–water partition coefficient (Wildman–Crippen LogP) is 1.77. The first kappa shape index (κ1) is 26.0. The SMILES string of the molecule is CC(C)(C)c1ccc(C(F)(F)[C@@H](O)NCc2ccc3c(c2)CN(C2CC[C@H](O)N[C@@H]2O)[C@H]3O)nc1. The Morgan fingerprint density at radius 1 is 1.14 bits per heavy atom. The molecule has 1 unspecified atom stereocenters. The van der Waals surface area contributed by atoms with E-state index in [2.05, 4.69) is 15.6 Å². The largest absolute Gasteiger partial charge is 0.379 e. The van der Waals surface area contributed by atoms with E-state index in [1.165, 1.54) is 12.3 Å². The third-order valence-electron chi connectivity index (χ3n) is 6.86. The van der Waals surface area contributed by atoms with Crippen molar-refractivity contribution in [3.8, 4) is 0 Å². The minimum atomic E-state index is -3.59. The molecule has 6 N–H and O–H groups in total. The van der Waals surface area contributed by atoms with Gasteiger partial charge in [-0.15, -0.1) is 0 Å². The fourth-order valence-corrected chi connectivity index (χ4v) is 4.66. The fourth-order valence-electron chi connectivity index (χ4n) is 4.66. The first-order valence-electron chi connectivity index (χ1n) is 11.8. The van der Waals surface area contributed by atoms with Crippen LogP contribution in [-0.4, -0.2) is 55.0 Å². The predicted molar refractivity (Wildman–Crippen MR) is 125 cm³/mol. The molecule has 10 heteroatoms. The number of aliphatic hydroxyl groups excluding tert-OH is 4. The van der Waals surface area contributed by atoms with Crippen LogP contribution in [0.1, 0.15) is 67.8 Å². The maximum atomic E-state index is 14.8. The second kappa shape index (κ2) is 9.78. The Hall–Kier alpha value is -2.05. The molecule has 192 valence electrons. The molecule has 2 aliphatic rings. The van der Waals surface area contributed by atoms with Crippen molar-refractivity contribution < 1.29 is 29.2 Å². The molecular weight excluding hydrogens is 458 g/mol. The zero-order valence-electron chi connectivity index (χ0n) is 20.1. The summed E-state index contributed by atoms with van der Waals surface area (Å²) < 4.78 is 29.6. The zero-order valence-corrected chi connectivity index (χ0v) is 20.1. The van der Waals surface area contributed by atoms with Crippen molar-refractivity contribution in [2.75, 3.05) is 0 Å². The van der Waals surface area contributed by atoms with Gasteiger partial charge in [0.15, 0.2) is 6.23 Å². The van der Waals surface area contributed by atoms with Gasteiger partial charge in [-0.25, -0.2) is 0 Å². The maximum Gasteiger partial charge on any atom is 0.328 e. The normalized spacial score (nSPS) is 26.5. The van der Waals surface area contributed by atoms with Gasteiger partial charge in [0.25, 0.3) is 0 Å². The highest BCUT2D eigenvalue weighted by Crippen LogP contribution is 2.37. The number of halogens is 2. The van der Waals surface area contributed by atoms with E-state index in [-0.39, 0.29) is 18.0 Å². The molecule has 1 aromatic heterocycles. The standard InChI is InChI=1S/C25H34F2N4O4/c1-24(2,3)16-5-8-19(28-12-16)25(26,27)23(35)29-11-14-4-6-17-15(10-14)13-31(22(17)34)18-7-9-20(32)30-21(18)33/h4-6,8,10,12,18,20-23,29-30,32-35H,7,9,11,13H2,1-3H3/t18?,20-,21+,22-,23+/m0/s1. The molecule has 1 aromatic carbocycles. The topological polar surface area (TPSA) is 121 Å². The monoisotopic (exact) mass is 492 g/mol. The molecule has 0 amide bonds. The van der Waals surface area contributed by atoms with Gasteiger partial charge in [-0.3, -0.25) is 20.5 Å². The van der Waals surface area contributed by atoms with Crippen LogP contribution in [-0.2, 0) is 24.4 Å². The molecule has 3 heterocycles. The summed E-state index contributed by atoms with van der Waals surface area (Å²) in [6.07, 6.45) is -2.43. The van der Waals surface area contributed by atoms with Crippen molar-refractivity contribution in [3.05, 3.63) is 64.5 Å². The number of pyridine rings is 1. The van der Waals surface area contributed by atoms with Gasteiger partial charge in [0.2, 0.25) is 0 Å². The number of alkyl halides is 2. The molecule has 0 spiro atoms. The maximum absolute atomic E-state index is 14.8. The lowest BCUT2D eigenvalue weighted by Gasteiger charge is -2.39. The van der Waals surface area contributed by atoms with Crippen LogP contribution in [0.2, 0.25) is 0 Å². The van der Waals surface area contributed by atoms with Gasteiger partial charge in [0.1, 0.15) is 24.4 Å². The van der Waals surface area contributed by atoms with Crippen molar-refractivity contribution >= 4 is 0 Å². The highest BCUT2D eigenvalue weighted by molar-refractivity contribution is 5.37. The third-order valence-corrected chi connectivity index (χ3v) is 6.86. The van der Waals surface area contributed by atoms with Crippen molar-refractivity contribution in [3.63, 3.8) is 0 Å². The lowest BCUT2D eigenvalue weighted by Crippen LogP contribution is -2.56. The first-order valence-corrected chi connectivity index (χ1v) is 11.8. The number of fused-ring (bicyclic) bond motifs is 1. The van der Waals surface area contributed by atoms with Crippen LogP contribution in [0.3, 0.4) is 0 Å². The zero-order chi connectivity index (χ0) is 25.5. The van der Waals surface area contributed by atoms with Gasteiger partial charge in [-0.05, 0) is 46.6 Å². The van der Waals surface area contributed by atoms with Crippen LogP contribution in [0.25, 0.3) is 0 Å². The van der Waals surface area contributed by atoms with Gasteiger partial charge >= 0.3 is 5.92 Å². The van der Waals surface area contributed by atoms with Crippen molar-refractivity contribution in [1.82, 2.24) is 20.5 Å². The van der Waals surface area contributed by atoms with E-state index >= 15 is 0 Å². The molecule has 0 radical (unpaired) electrons. The second-order valence-corrected chi connectivity index (χ2v) is 10.4. The third kappa shape index (κ3) is 5.39. The Morgan fingerprint density at radius 3 is 2.51 bits per heavy atom. The van der Waals surface area contributed by atoms with Gasteiger partial charge in [-0.2, -0.15) is 8.78 Å². The lowest BCUT2D eigenvalue weighted by molar-refractivity contribution is -0.132. The van der Waals surface area contributed by atoms with Crippen LogP contribution < -0.4 is 10.6 Å². The number of hydrogen-bond donors (Lipinski definition) is 6.